The lowest BCUT2D eigenvalue weighted by molar-refractivity contribution is -0.117. The third-order valence-electron chi connectivity index (χ3n) is 4.06. The van der Waals surface area contributed by atoms with Gasteiger partial charge in [-0.25, -0.2) is 4.39 Å². The number of carbonyl (C=O) groups excluding carboxylic acids is 1. The van der Waals surface area contributed by atoms with Crippen LogP contribution in [0.4, 0.5) is 15.9 Å². The minimum absolute atomic E-state index is 0.269. The van der Waals surface area contributed by atoms with Crippen molar-refractivity contribution in [2.45, 2.75) is 12.6 Å². The Hall–Kier alpha value is -3.03. The van der Waals surface area contributed by atoms with Crippen LogP contribution in [0.5, 0.6) is 0 Å². The van der Waals surface area contributed by atoms with Gasteiger partial charge in [0.05, 0.1) is 17.8 Å². The Bertz CT molecular complexity index is 953. The highest BCUT2D eigenvalue weighted by Crippen LogP contribution is 2.35. The van der Waals surface area contributed by atoms with Crippen LogP contribution in [-0.4, -0.2) is 32.1 Å². The number of carbonyl (C=O) groups is 1. The Morgan fingerprint density at radius 1 is 1.33 bits per heavy atom. The first-order valence-corrected chi connectivity index (χ1v) is 7.52. The Kier molecular flexibility index (Phi) is 3.19. The zero-order valence-corrected chi connectivity index (χ0v) is 12.9. The smallest absolute Gasteiger partial charge is 0.231 e. The highest BCUT2D eigenvalue weighted by atomic mass is 19.1. The van der Waals surface area contributed by atoms with Crippen molar-refractivity contribution >= 4 is 28.3 Å². The minimum Gasteiger partial charge on any atom is -0.397 e. The summed E-state index contributed by atoms with van der Waals surface area (Å²) >= 11 is 0. The number of hydrogen-bond donors (Lipinski definition) is 2. The molecule has 0 radical (unpaired) electrons. The molecule has 1 aliphatic rings. The summed E-state index contributed by atoms with van der Waals surface area (Å²) in [5.74, 6) is -0.656. The van der Waals surface area contributed by atoms with E-state index >= 15 is 0 Å². The van der Waals surface area contributed by atoms with Crippen LogP contribution in [0.2, 0.25) is 0 Å². The van der Waals surface area contributed by atoms with E-state index in [9.17, 15) is 9.18 Å². The van der Waals surface area contributed by atoms with E-state index in [1.165, 1.54) is 0 Å². The lowest BCUT2D eigenvalue weighted by Crippen LogP contribution is -2.16. The molecule has 3 N–H and O–H groups in total. The van der Waals surface area contributed by atoms with Gasteiger partial charge in [-0.3, -0.25) is 9.48 Å². The second-order valence-corrected chi connectivity index (χ2v) is 5.98. The van der Waals surface area contributed by atoms with Crippen LogP contribution in [0.1, 0.15) is 6.42 Å². The highest BCUT2D eigenvalue weighted by Gasteiger charge is 2.43. The Balaban J connectivity index is 1.70. The van der Waals surface area contributed by atoms with Gasteiger partial charge in [0.15, 0.2) is 5.82 Å². The van der Waals surface area contributed by atoms with Crippen LogP contribution in [-0.2, 0) is 11.8 Å². The number of nitrogens with two attached hydrogens (primary N) is 1. The van der Waals surface area contributed by atoms with E-state index in [-0.39, 0.29) is 18.1 Å². The first-order valence-electron chi connectivity index (χ1n) is 7.52. The standard InChI is InChI=1S/C16H15FN6O/c1-23-7-10(6-19-23)8-2-9-4-14(20-16(24)11-5-12(11)17)21-22-15(9)13(18)3-8/h2-4,6-7,11-12H,5,18H2,1H3,(H,20,21,24)/t11-,12+/m0/s1. The average molecular weight is 326 g/mol. The summed E-state index contributed by atoms with van der Waals surface area (Å²) in [6, 6.07) is 5.40. The number of halogens is 1. The third kappa shape index (κ3) is 2.55. The Morgan fingerprint density at radius 3 is 2.79 bits per heavy atom. The summed E-state index contributed by atoms with van der Waals surface area (Å²) in [6.45, 7) is 0. The summed E-state index contributed by atoms with van der Waals surface area (Å²) < 4.78 is 14.7. The fourth-order valence-electron chi connectivity index (χ4n) is 2.64. The molecule has 0 aliphatic heterocycles. The summed E-state index contributed by atoms with van der Waals surface area (Å²) in [4.78, 5) is 11.8. The number of anilines is 2. The van der Waals surface area contributed by atoms with Crippen LogP contribution in [0.15, 0.2) is 30.6 Å². The molecule has 0 bridgehead atoms. The second kappa shape index (κ2) is 5.26. The van der Waals surface area contributed by atoms with E-state index < -0.39 is 12.1 Å². The van der Waals surface area contributed by atoms with Crippen LogP contribution < -0.4 is 11.1 Å². The second-order valence-electron chi connectivity index (χ2n) is 5.98. The van der Waals surface area contributed by atoms with Crippen LogP contribution in [0, 0.1) is 5.92 Å². The number of rotatable bonds is 3. The lowest BCUT2D eigenvalue weighted by Gasteiger charge is -2.07. The summed E-state index contributed by atoms with van der Waals surface area (Å²) in [5.41, 5.74) is 8.92. The van der Waals surface area contributed by atoms with Crippen LogP contribution >= 0.6 is 0 Å². The van der Waals surface area contributed by atoms with Crippen molar-refractivity contribution in [1.82, 2.24) is 20.0 Å². The number of aromatic nitrogens is 4. The molecule has 7 nitrogen and oxygen atoms in total. The maximum atomic E-state index is 13.0. The van der Waals surface area contributed by atoms with Crippen molar-refractivity contribution in [3.05, 3.63) is 30.6 Å². The van der Waals surface area contributed by atoms with Crippen LogP contribution in [0.25, 0.3) is 22.0 Å². The number of benzene rings is 1. The van der Waals surface area contributed by atoms with Gasteiger partial charge in [0.1, 0.15) is 11.7 Å². The third-order valence-corrected chi connectivity index (χ3v) is 4.06. The molecule has 1 fully saturated rings. The molecule has 2 aromatic heterocycles. The van der Waals surface area contributed by atoms with Crippen molar-refractivity contribution in [2.75, 3.05) is 11.1 Å². The molecule has 2 atom stereocenters. The number of nitrogen functional groups attached to an aromatic ring is 1. The normalized spacial score (nSPS) is 19.4. The fourth-order valence-corrected chi connectivity index (χ4v) is 2.64. The van der Waals surface area contributed by atoms with Gasteiger partial charge in [-0.1, -0.05) is 0 Å². The number of nitrogens with one attached hydrogen (secondary N) is 1. The zero-order valence-electron chi connectivity index (χ0n) is 12.9. The van der Waals surface area contributed by atoms with Gasteiger partial charge in [-0.15, -0.1) is 10.2 Å². The molecular weight excluding hydrogens is 311 g/mol. The monoisotopic (exact) mass is 326 g/mol. The van der Waals surface area contributed by atoms with Crippen molar-refractivity contribution in [3.8, 4) is 11.1 Å². The maximum Gasteiger partial charge on any atom is 0.231 e. The van der Waals surface area contributed by atoms with Crippen molar-refractivity contribution in [3.63, 3.8) is 0 Å². The van der Waals surface area contributed by atoms with E-state index in [0.717, 1.165) is 16.5 Å². The molecule has 0 unspecified atom stereocenters. The van der Waals surface area contributed by atoms with Gasteiger partial charge in [0, 0.05) is 24.2 Å². The first kappa shape index (κ1) is 14.6. The quantitative estimate of drug-likeness (QED) is 0.716. The molecule has 0 spiro atoms. The largest absolute Gasteiger partial charge is 0.397 e. The number of fused-ring (bicyclic) bond motifs is 1. The molecule has 1 saturated carbocycles. The van der Waals surface area contributed by atoms with Crippen LogP contribution in [0.3, 0.4) is 0 Å². The molecule has 0 saturated heterocycles. The first-order chi connectivity index (χ1) is 11.5. The Morgan fingerprint density at radius 2 is 2.12 bits per heavy atom. The molecule has 1 aliphatic carbocycles. The predicted molar refractivity (Wildman–Crippen MR) is 87.8 cm³/mol. The van der Waals surface area contributed by atoms with E-state index in [1.807, 2.05) is 25.4 Å². The van der Waals surface area contributed by atoms with E-state index in [1.54, 1.807) is 16.9 Å². The highest BCUT2D eigenvalue weighted by molar-refractivity contribution is 5.98. The van der Waals surface area contributed by atoms with Gasteiger partial charge in [0.2, 0.25) is 5.91 Å². The van der Waals surface area contributed by atoms with Crippen molar-refractivity contribution < 1.29 is 9.18 Å². The summed E-state index contributed by atoms with van der Waals surface area (Å²) in [6.07, 6.45) is 2.84. The number of aryl methyl sites for hydroxylation is 1. The SMILES string of the molecule is Cn1cc(-c2cc(N)c3nnc(NC(=O)[C@H]4C[C@H]4F)cc3c2)cn1. The lowest BCUT2D eigenvalue weighted by atomic mass is 10.1. The molecule has 122 valence electrons. The van der Waals surface area contributed by atoms with Crippen molar-refractivity contribution in [2.24, 2.45) is 13.0 Å². The molecule has 1 amide bonds. The van der Waals surface area contributed by atoms with Gasteiger partial charge < -0.3 is 11.1 Å². The van der Waals surface area contributed by atoms with Gasteiger partial charge in [-0.05, 0) is 30.2 Å². The van der Waals surface area contributed by atoms with Gasteiger partial charge >= 0.3 is 0 Å². The van der Waals surface area contributed by atoms with Gasteiger partial charge in [0.25, 0.3) is 0 Å². The molecule has 4 rings (SSSR count). The fraction of sp³-hybridized carbons (Fsp3) is 0.250. The molecule has 8 heteroatoms. The molecule has 24 heavy (non-hydrogen) atoms. The zero-order chi connectivity index (χ0) is 16.8. The summed E-state index contributed by atoms with van der Waals surface area (Å²) in [5, 5.41) is 15.5. The molecule has 2 heterocycles. The molecular formula is C16H15FN6O. The van der Waals surface area contributed by atoms with E-state index in [0.29, 0.717) is 11.2 Å². The average Bonchev–Trinajstić information content (AvgIpc) is 3.12. The number of amides is 1. The van der Waals surface area contributed by atoms with Gasteiger partial charge in [-0.2, -0.15) is 5.10 Å². The molecule has 3 aromatic rings. The summed E-state index contributed by atoms with van der Waals surface area (Å²) in [7, 11) is 1.84. The van der Waals surface area contributed by atoms with E-state index in [4.69, 9.17) is 5.73 Å². The number of alkyl halides is 1. The van der Waals surface area contributed by atoms with E-state index in [2.05, 4.69) is 20.6 Å². The minimum atomic E-state index is -1.05. The van der Waals surface area contributed by atoms with Crippen molar-refractivity contribution in [1.29, 1.82) is 0 Å². The number of nitrogens with zero attached hydrogens (tertiary/aromatic N) is 4. The topological polar surface area (TPSA) is 98.7 Å². The predicted octanol–water partition coefficient (Wildman–Crippen LogP) is 1.91. The number of hydrogen-bond acceptors (Lipinski definition) is 5. The Labute approximate surface area is 136 Å². The molecule has 1 aromatic carbocycles. The maximum absolute atomic E-state index is 13.0.